The normalized spacial score (nSPS) is 24.5. The van der Waals surface area contributed by atoms with Crippen LogP contribution in [0.25, 0.3) is 0 Å². The Balaban J connectivity index is 1.73. The van der Waals surface area contributed by atoms with E-state index < -0.39 is 0 Å². The molecule has 1 aromatic heterocycles. The molecule has 2 rings (SSSR count). The van der Waals surface area contributed by atoms with Crippen LogP contribution in [0.1, 0.15) is 32.1 Å². The minimum Gasteiger partial charge on any atom is -0.391 e. The fraction of sp³-hybridized carbons (Fsp3) is 0.667. The molecule has 0 spiro atoms. The zero-order chi connectivity index (χ0) is 12.1. The Labute approximate surface area is 101 Å². The van der Waals surface area contributed by atoms with Gasteiger partial charge in [0.1, 0.15) is 0 Å². The number of carbonyl (C=O) groups excluding carboxylic acids is 1. The van der Waals surface area contributed by atoms with Crippen molar-refractivity contribution in [2.45, 2.75) is 50.8 Å². The number of nitrogens with zero attached hydrogens (tertiary/aromatic N) is 2. The van der Waals surface area contributed by atoms with E-state index in [9.17, 15) is 9.90 Å². The summed E-state index contributed by atoms with van der Waals surface area (Å²) in [6.45, 7) is 0.634. The molecule has 2 N–H and O–H groups in total. The van der Waals surface area contributed by atoms with E-state index in [2.05, 4.69) is 10.3 Å². The van der Waals surface area contributed by atoms with E-state index in [0.717, 1.165) is 25.7 Å². The first-order valence-corrected chi connectivity index (χ1v) is 6.19. The summed E-state index contributed by atoms with van der Waals surface area (Å²) in [5.74, 6) is 0.00431. The first-order valence-electron chi connectivity index (χ1n) is 6.19. The Bertz CT molecular complexity index is 351. The number of rotatable bonds is 4. The number of hydrogen-bond donors (Lipinski definition) is 2. The molecule has 5 nitrogen and oxygen atoms in total. The van der Waals surface area contributed by atoms with Gasteiger partial charge in [-0.2, -0.15) is 0 Å². The van der Waals surface area contributed by atoms with Gasteiger partial charge < -0.3 is 15.0 Å². The third kappa shape index (κ3) is 3.56. The number of imidazole rings is 1. The molecule has 1 saturated carbocycles. The van der Waals surface area contributed by atoms with E-state index in [1.807, 2.05) is 10.8 Å². The van der Waals surface area contributed by atoms with Crippen molar-refractivity contribution in [1.29, 1.82) is 0 Å². The monoisotopic (exact) mass is 237 g/mol. The standard InChI is InChI=1S/C12H19N3O2/c16-11-4-2-1-3-10(11)14-12(17)5-7-15-8-6-13-9-15/h6,8-11,16H,1-5,7H2,(H,14,17). The fourth-order valence-corrected chi connectivity index (χ4v) is 2.21. The summed E-state index contributed by atoms with van der Waals surface area (Å²) in [6.07, 6.45) is 9.12. The second-order valence-corrected chi connectivity index (χ2v) is 4.58. The third-order valence-electron chi connectivity index (χ3n) is 3.23. The maximum Gasteiger partial charge on any atom is 0.222 e. The van der Waals surface area contributed by atoms with Gasteiger partial charge in [-0.15, -0.1) is 0 Å². The van der Waals surface area contributed by atoms with Gasteiger partial charge in [0.2, 0.25) is 5.91 Å². The molecule has 0 radical (unpaired) electrons. The molecule has 17 heavy (non-hydrogen) atoms. The molecule has 0 saturated heterocycles. The van der Waals surface area contributed by atoms with Crippen molar-refractivity contribution in [3.05, 3.63) is 18.7 Å². The third-order valence-corrected chi connectivity index (χ3v) is 3.23. The molecule has 2 atom stereocenters. The lowest BCUT2D eigenvalue weighted by molar-refractivity contribution is -0.123. The first-order chi connectivity index (χ1) is 8.25. The number of aryl methyl sites for hydroxylation is 1. The zero-order valence-electron chi connectivity index (χ0n) is 9.88. The van der Waals surface area contributed by atoms with Gasteiger partial charge in [-0.1, -0.05) is 12.8 Å². The minimum atomic E-state index is -0.374. The van der Waals surface area contributed by atoms with Crippen LogP contribution < -0.4 is 5.32 Å². The number of hydrogen-bond acceptors (Lipinski definition) is 3. The molecule has 2 unspecified atom stereocenters. The second kappa shape index (κ2) is 5.82. The molecule has 94 valence electrons. The van der Waals surface area contributed by atoms with Gasteiger partial charge in [-0.25, -0.2) is 4.98 Å². The summed E-state index contributed by atoms with van der Waals surface area (Å²) in [5.41, 5.74) is 0. The Morgan fingerprint density at radius 1 is 1.47 bits per heavy atom. The highest BCUT2D eigenvalue weighted by atomic mass is 16.3. The van der Waals surface area contributed by atoms with E-state index in [4.69, 9.17) is 0 Å². The Morgan fingerprint density at radius 2 is 2.29 bits per heavy atom. The van der Waals surface area contributed by atoms with E-state index in [-0.39, 0.29) is 18.1 Å². The molecule has 5 heteroatoms. The number of amides is 1. The minimum absolute atomic E-state index is 0.00431. The van der Waals surface area contributed by atoms with Crippen LogP contribution in [0.5, 0.6) is 0 Å². The van der Waals surface area contributed by atoms with Gasteiger partial charge in [-0.05, 0) is 12.8 Å². The lowest BCUT2D eigenvalue weighted by atomic mass is 9.92. The van der Waals surface area contributed by atoms with Crippen LogP contribution in [-0.2, 0) is 11.3 Å². The summed E-state index contributed by atoms with van der Waals surface area (Å²) in [6, 6.07) is -0.0564. The second-order valence-electron chi connectivity index (χ2n) is 4.58. The van der Waals surface area contributed by atoms with Gasteiger partial charge in [0, 0.05) is 25.4 Å². The van der Waals surface area contributed by atoms with Crippen molar-refractivity contribution in [3.63, 3.8) is 0 Å². The number of nitrogens with one attached hydrogen (secondary N) is 1. The van der Waals surface area contributed by atoms with Crippen LogP contribution >= 0.6 is 0 Å². The molecule has 1 aliphatic rings. The number of aliphatic hydroxyl groups is 1. The maximum absolute atomic E-state index is 11.7. The van der Waals surface area contributed by atoms with E-state index >= 15 is 0 Å². The maximum atomic E-state index is 11.7. The molecule has 1 heterocycles. The smallest absolute Gasteiger partial charge is 0.222 e. The van der Waals surface area contributed by atoms with Crippen molar-refractivity contribution in [2.24, 2.45) is 0 Å². The first kappa shape index (κ1) is 12.1. The summed E-state index contributed by atoms with van der Waals surface area (Å²) in [4.78, 5) is 15.6. The topological polar surface area (TPSA) is 67.2 Å². The fourth-order valence-electron chi connectivity index (χ4n) is 2.21. The van der Waals surface area contributed by atoms with Crippen LogP contribution in [0.15, 0.2) is 18.7 Å². The predicted octanol–water partition coefficient (Wildman–Crippen LogP) is 0.693. The molecule has 1 amide bonds. The van der Waals surface area contributed by atoms with Crippen molar-refractivity contribution in [1.82, 2.24) is 14.9 Å². The van der Waals surface area contributed by atoms with Crippen molar-refractivity contribution >= 4 is 5.91 Å². The quantitative estimate of drug-likeness (QED) is 0.809. The van der Waals surface area contributed by atoms with E-state index in [1.165, 1.54) is 0 Å². The van der Waals surface area contributed by atoms with Crippen LogP contribution in [-0.4, -0.2) is 32.7 Å². The highest BCUT2D eigenvalue weighted by molar-refractivity contribution is 5.76. The Morgan fingerprint density at radius 3 is 3.00 bits per heavy atom. The lowest BCUT2D eigenvalue weighted by Crippen LogP contribution is -2.45. The van der Waals surface area contributed by atoms with Crippen LogP contribution in [0.4, 0.5) is 0 Å². The summed E-state index contributed by atoms with van der Waals surface area (Å²) < 4.78 is 1.87. The van der Waals surface area contributed by atoms with E-state index in [0.29, 0.717) is 13.0 Å². The van der Waals surface area contributed by atoms with E-state index in [1.54, 1.807) is 12.5 Å². The van der Waals surface area contributed by atoms with Gasteiger partial charge in [-0.3, -0.25) is 4.79 Å². The largest absolute Gasteiger partial charge is 0.391 e. The van der Waals surface area contributed by atoms with Crippen LogP contribution in [0, 0.1) is 0 Å². The van der Waals surface area contributed by atoms with Gasteiger partial charge in [0.15, 0.2) is 0 Å². The highest BCUT2D eigenvalue weighted by Crippen LogP contribution is 2.18. The number of aliphatic hydroxyl groups excluding tert-OH is 1. The molecule has 0 aromatic carbocycles. The molecule has 0 aliphatic heterocycles. The van der Waals surface area contributed by atoms with Crippen molar-refractivity contribution < 1.29 is 9.90 Å². The summed E-state index contributed by atoms with van der Waals surface area (Å²) >= 11 is 0. The Kier molecular flexibility index (Phi) is 4.14. The van der Waals surface area contributed by atoms with Crippen LogP contribution in [0.3, 0.4) is 0 Å². The zero-order valence-corrected chi connectivity index (χ0v) is 9.88. The molecule has 1 aromatic rings. The molecule has 0 bridgehead atoms. The SMILES string of the molecule is O=C(CCn1ccnc1)NC1CCCCC1O. The number of carbonyl (C=O) groups is 1. The van der Waals surface area contributed by atoms with Gasteiger partial charge in [0.05, 0.1) is 18.5 Å². The lowest BCUT2D eigenvalue weighted by Gasteiger charge is -2.28. The highest BCUT2D eigenvalue weighted by Gasteiger charge is 2.24. The summed E-state index contributed by atoms with van der Waals surface area (Å²) in [5, 5.41) is 12.6. The molecular formula is C12H19N3O2. The van der Waals surface area contributed by atoms with Gasteiger partial charge in [0.25, 0.3) is 0 Å². The summed E-state index contributed by atoms with van der Waals surface area (Å²) in [7, 11) is 0. The van der Waals surface area contributed by atoms with Crippen LogP contribution in [0.2, 0.25) is 0 Å². The van der Waals surface area contributed by atoms with Crippen molar-refractivity contribution in [3.8, 4) is 0 Å². The molecule has 1 fully saturated rings. The molecular weight excluding hydrogens is 218 g/mol. The average Bonchev–Trinajstić information content (AvgIpc) is 2.82. The Hall–Kier alpha value is -1.36. The van der Waals surface area contributed by atoms with Gasteiger partial charge >= 0.3 is 0 Å². The predicted molar refractivity (Wildman–Crippen MR) is 63.2 cm³/mol. The molecule has 1 aliphatic carbocycles. The average molecular weight is 237 g/mol. The number of aromatic nitrogens is 2. The van der Waals surface area contributed by atoms with Crippen molar-refractivity contribution in [2.75, 3.05) is 0 Å².